The third kappa shape index (κ3) is 9.13. The first-order valence-corrected chi connectivity index (χ1v) is 12.3. The molecule has 0 bridgehead atoms. The highest BCUT2D eigenvalue weighted by molar-refractivity contribution is 14.0. The van der Waals surface area contributed by atoms with E-state index in [9.17, 15) is 5.11 Å². The Bertz CT molecular complexity index is 646. The van der Waals surface area contributed by atoms with Gasteiger partial charge >= 0.3 is 0 Å². The average molecular weight is 566 g/mol. The van der Waals surface area contributed by atoms with Gasteiger partial charge in [0.1, 0.15) is 0 Å². The van der Waals surface area contributed by atoms with E-state index in [-0.39, 0.29) is 30.1 Å². The van der Waals surface area contributed by atoms with Crippen molar-refractivity contribution in [2.45, 2.75) is 45.3 Å². The predicted molar refractivity (Wildman–Crippen MR) is 140 cm³/mol. The van der Waals surface area contributed by atoms with Gasteiger partial charge in [-0.25, -0.2) is 0 Å². The van der Waals surface area contributed by atoms with Crippen molar-refractivity contribution in [2.24, 2.45) is 4.99 Å². The highest BCUT2D eigenvalue weighted by atomic mass is 127. The topological polar surface area (TPSA) is 72.4 Å². The van der Waals surface area contributed by atoms with Gasteiger partial charge in [0.05, 0.1) is 31.9 Å². The Hall–Kier alpha value is -0.460. The number of likely N-dealkylation sites (tertiary alicyclic amines) is 1. The number of hydrogen-bond donors (Lipinski definition) is 3. The highest BCUT2D eigenvalue weighted by Gasteiger charge is 2.24. The molecule has 0 saturated carbocycles. The van der Waals surface area contributed by atoms with Crippen molar-refractivity contribution < 1.29 is 9.84 Å². The van der Waals surface area contributed by atoms with Crippen molar-refractivity contribution >= 4 is 41.3 Å². The van der Waals surface area contributed by atoms with Crippen LogP contribution in [0.3, 0.4) is 0 Å². The van der Waals surface area contributed by atoms with Crippen LogP contribution in [0.2, 0.25) is 0 Å². The maximum Gasteiger partial charge on any atom is 0.191 e. The van der Waals surface area contributed by atoms with Crippen molar-refractivity contribution in [3.63, 3.8) is 0 Å². The molecule has 0 amide bonds. The Morgan fingerprint density at radius 2 is 1.97 bits per heavy atom. The first-order valence-electron chi connectivity index (χ1n) is 11.5. The number of guanidine groups is 1. The molecule has 2 saturated heterocycles. The number of piperidine rings is 1. The summed E-state index contributed by atoms with van der Waals surface area (Å²) in [6, 6.07) is 4.77. The molecule has 9 heteroatoms. The van der Waals surface area contributed by atoms with Gasteiger partial charge in [-0.1, -0.05) is 0 Å². The molecular formula is C22H40IN5O2S. The monoisotopic (exact) mass is 565 g/mol. The van der Waals surface area contributed by atoms with Gasteiger partial charge in [-0.3, -0.25) is 9.89 Å². The van der Waals surface area contributed by atoms with Crippen molar-refractivity contribution in [3.05, 3.63) is 21.9 Å². The quantitative estimate of drug-likeness (QED) is 0.185. The number of aryl methyl sites for hydroxylation is 1. The predicted octanol–water partition coefficient (Wildman–Crippen LogP) is 2.45. The number of aliphatic hydroxyl groups excluding tert-OH is 1. The van der Waals surface area contributed by atoms with Gasteiger partial charge in [0.25, 0.3) is 0 Å². The fraction of sp³-hybridized carbons (Fsp3) is 0.773. The van der Waals surface area contributed by atoms with Crippen LogP contribution in [0.1, 0.15) is 42.0 Å². The van der Waals surface area contributed by atoms with Gasteiger partial charge in [-0.05, 0) is 51.8 Å². The van der Waals surface area contributed by atoms with Crippen LogP contribution >= 0.6 is 35.3 Å². The number of thiophene rings is 1. The summed E-state index contributed by atoms with van der Waals surface area (Å²) in [5, 5.41) is 16.5. The second-order valence-electron chi connectivity index (χ2n) is 8.19. The number of halogens is 1. The van der Waals surface area contributed by atoms with E-state index in [2.05, 4.69) is 46.4 Å². The second kappa shape index (κ2) is 14.6. The van der Waals surface area contributed by atoms with E-state index < -0.39 is 0 Å². The lowest BCUT2D eigenvalue weighted by Gasteiger charge is -2.33. The zero-order chi connectivity index (χ0) is 21.2. The minimum absolute atomic E-state index is 0. The fourth-order valence-electron chi connectivity index (χ4n) is 4.08. The maximum absolute atomic E-state index is 9.64. The largest absolute Gasteiger partial charge is 0.393 e. The summed E-state index contributed by atoms with van der Waals surface area (Å²) in [5.74, 6) is 0.901. The number of nitrogens with zero attached hydrogens (tertiary/aromatic N) is 3. The number of ether oxygens (including phenoxy) is 1. The third-order valence-corrected chi connectivity index (χ3v) is 6.95. The van der Waals surface area contributed by atoms with Crippen LogP contribution in [0.5, 0.6) is 0 Å². The average Bonchev–Trinajstić information content (AvgIpc) is 3.19. The minimum Gasteiger partial charge on any atom is -0.393 e. The molecule has 31 heavy (non-hydrogen) atoms. The fourth-order valence-corrected chi connectivity index (χ4v) is 5.08. The number of hydrogen-bond acceptors (Lipinski definition) is 6. The molecule has 1 aromatic heterocycles. The Balaban J connectivity index is 0.00000341. The Labute approximate surface area is 208 Å². The van der Waals surface area contributed by atoms with Crippen LogP contribution < -0.4 is 10.6 Å². The maximum atomic E-state index is 9.64. The summed E-state index contributed by atoms with van der Waals surface area (Å²) >= 11 is 1.88. The van der Waals surface area contributed by atoms with Gasteiger partial charge < -0.3 is 25.4 Å². The molecule has 0 spiro atoms. The van der Waals surface area contributed by atoms with E-state index in [1.165, 1.54) is 9.75 Å². The summed E-state index contributed by atoms with van der Waals surface area (Å²) in [7, 11) is 0. The second-order valence-corrected chi connectivity index (χ2v) is 9.50. The molecule has 3 rings (SSSR count). The van der Waals surface area contributed by atoms with E-state index in [0.717, 1.165) is 90.8 Å². The van der Waals surface area contributed by atoms with Crippen LogP contribution in [-0.2, 0) is 4.74 Å². The molecule has 2 aliphatic rings. The number of morpholine rings is 1. The van der Waals surface area contributed by atoms with E-state index in [1.54, 1.807) is 0 Å². The molecule has 0 aromatic carbocycles. The molecule has 2 fully saturated rings. The number of aliphatic hydroxyl groups is 1. The Kier molecular flexibility index (Phi) is 12.7. The minimum atomic E-state index is -0.0987. The molecular weight excluding hydrogens is 525 g/mol. The van der Waals surface area contributed by atoms with Crippen LogP contribution in [0.4, 0.5) is 0 Å². The molecule has 2 aliphatic heterocycles. The third-order valence-electron chi connectivity index (χ3n) is 5.84. The molecule has 3 heterocycles. The SMILES string of the molecule is CCNC(=NCC(c1ccc(C)s1)N1CCOCC1)NCCCN1CCC(O)CC1.I. The molecule has 178 valence electrons. The van der Waals surface area contributed by atoms with E-state index in [0.29, 0.717) is 6.04 Å². The molecule has 7 nitrogen and oxygen atoms in total. The zero-order valence-electron chi connectivity index (χ0n) is 19.0. The van der Waals surface area contributed by atoms with Crippen LogP contribution in [0.15, 0.2) is 17.1 Å². The van der Waals surface area contributed by atoms with Crippen molar-refractivity contribution in [1.29, 1.82) is 0 Å². The summed E-state index contributed by atoms with van der Waals surface area (Å²) in [6.07, 6.45) is 2.79. The molecule has 3 N–H and O–H groups in total. The van der Waals surface area contributed by atoms with Gasteiger partial charge in [0.15, 0.2) is 5.96 Å². The number of rotatable bonds is 9. The van der Waals surface area contributed by atoms with Gasteiger partial charge in [-0.15, -0.1) is 35.3 Å². The van der Waals surface area contributed by atoms with E-state index >= 15 is 0 Å². The number of aliphatic imine (C=N–C) groups is 1. The first-order chi connectivity index (χ1) is 14.7. The van der Waals surface area contributed by atoms with Crippen molar-refractivity contribution in [2.75, 3.05) is 65.6 Å². The highest BCUT2D eigenvalue weighted by Crippen LogP contribution is 2.28. The summed E-state index contributed by atoms with van der Waals surface area (Å²) in [5.41, 5.74) is 0. The van der Waals surface area contributed by atoms with Crippen LogP contribution in [0.25, 0.3) is 0 Å². The van der Waals surface area contributed by atoms with Gasteiger partial charge in [-0.2, -0.15) is 0 Å². The zero-order valence-corrected chi connectivity index (χ0v) is 22.2. The molecule has 1 atom stereocenters. The first kappa shape index (κ1) is 26.8. The lowest BCUT2D eigenvalue weighted by Crippen LogP contribution is -2.42. The van der Waals surface area contributed by atoms with Gasteiger partial charge in [0, 0.05) is 49.0 Å². The standard InChI is InChI=1S/C22H39N5O2S.HI/c1-3-23-22(24-9-4-10-26-11-7-19(28)8-12-26)25-17-20(21-6-5-18(2)30-21)27-13-15-29-16-14-27;/h5-6,19-20,28H,3-4,7-17H2,1-2H3,(H2,23,24,25);1H. The van der Waals surface area contributed by atoms with Crippen molar-refractivity contribution in [3.8, 4) is 0 Å². The molecule has 1 unspecified atom stereocenters. The lowest BCUT2D eigenvalue weighted by atomic mass is 10.1. The Morgan fingerprint density at radius 3 is 2.61 bits per heavy atom. The lowest BCUT2D eigenvalue weighted by molar-refractivity contribution is 0.0186. The normalized spacial score (nSPS) is 20.3. The molecule has 0 radical (unpaired) electrons. The molecule has 0 aliphatic carbocycles. The van der Waals surface area contributed by atoms with E-state index in [1.807, 2.05) is 11.3 Å². The summed E-state index contributed by atoms with van der Waals surface area (Å²) in [4.78, 5) is 12.6. The van der Waals surface area contributed by atoms with E-state index in [4.69, 9.17) is 9.73 Å². The Morgan fingerprint density at radius 1 is 1.23 bits per heavy atom. The summed E-state index contributed by atoms with van der Waals surface area (Å²) < 4.78 is 5.56. The number of nitrogens with one attached hydrogen (secondary N) is 2. The van der Waals surface area contributed by atoms with Crippen LogP contribution in [0, 0.1) is 6.92 Å². The summed E-state index contributed by atoms with van der Waals surface area (Å²) in [6.45, 7) is 13.4. The van der Waals surface area contributed by atoms with Gasteiger partial charge in [0.2, 0.25) is 0 Å². The smallest absolute Gasteiger partial charge is 0.191 e. The van der Waals surface area contributed by atoms with Crippen molar-refractivity contribution in [1.82, 2.24) is 20.4 Å². The molecule has 1 aromatic rings. The van der Waals surface area contributed by atoms with Crippen LogP contribution in [-0.4, -0.2) is 92.5 Å².